The van der Waals surface area contributed by atoms with Gasteiger partial charge in [-0.15, -0.1) is 0 Å². The molecule has 0 bridgehead atoms. The lowest BCUT2D eigenvalue weighted by Gasteiger charge is -2.39. The standard InChI is InChI=1S/C43H27N3OSi/c44-27-28-19-21-35-33(25-28)34-26-29(20-22-36(34)45-35)46-37-16-8-7-15-32(37)42-38(46)23-24-41-43(42)47-39-17-9-10-18-40(39)48(41,30-11-3-1-4-12-30)31-13-5-2-6-14-31/h1-26,45H. The zero-order valence-electron chi connectivity index (χ0n) is 25.8. The van der Waals surface area contributed by atoms with Gasteiger partial charge in [0.15, 0.2) is 8.07 Å². The molecule has 9 aromatic rings. The van der Waals surface area contributed by atoms with E-state index in [1.165, 1.54) is 20.7 Å². The Morgan fingerprint density at radius 2 is 1.23 bits per heavy atom. The maximum absolute atomic E-state index is 9.62. The van der Waals surface area contributed by atoms with E-state index in [1.54, 1.807) is 0 Å². The van der Waals surface area contributed by atoms with Gasteiger partial charge in [-0.05, 0) is 75.3 Å². The van der Waals surface area contributed by atoms with Gasteiger partial charge in [-0.2, -0.15) is 5.26 Å². The lowest BCUT2D eigenvalue weighted by atomic mass is 10.1. The SMILES string of the molecule is N#Cc1ccc2[nH]c3ccc(-n4c5ccccc5c5c6c(ccc54)[Si](c4ccccc4)(c4ccccc4)c4ccccc4O6)cc3c2c1. The Hall–Kier alpha value is -6.35. The van der Waals surface area contributed by atoms with Crippen LogP contribution in [0.4, 0.5) is 0 Å². The molecule has 0 amide bonds. The molecule has 0 unspecified atom stereocenters. The Morgan fingerprint density at radius 3 is 2.00 bits per heavy atom. The van der Waals surface area contributed by atoms with Crippen LogP contribution in [-0.4, -0.2) is 17.6 Å². The molecule has 0 saturated carbocycles. The molecule has 224 valence electrons. The van der Waals surface area contributed by atoms with Gasteiger partial charge in [0.05, 0.1) is 28.1 Å². The summed E-state index contributed by atoms with van der Waals surface area (Å²) in [5.74, 6) is 1.86. The summed E-state index contributed by atoms with van der Waals surface area (Å²) in [6.07, 6.45) is 0. The van der Waals surface area contributed by atoms with Crippen LogP contribution >= 0.6 is 0 Å². The highest BCUT2D eigenvalue weighted by Gasteiger charge is 2.48. The fraction of sp³-hybridized carbons (Fsp3) is 0. The van der Waals surface area contributed by atoms with E-state index in [4.69, 9.17) is 4.74 Å². The van der Waals surface area contributed by atoms with Crippen LogP contribution in [0.25, 0.3) is 49.3 Å². The second kappa shape index (κ2) is 10.1. The van der Waals surface area contributed by atoms with Gasteiger partial charge in [0, 0.05) is 32.9 Å². The predicted octanol–water partition coefficient (Wildman–Crippen LogP) is 7.77. The fourth-order valence-corrected chi connectivity index (χ4v) is 13.0. The maximum atomic E-state index is 9.62. The minimum absolute atomic E-state index is 0.652. The van der Waals surface area contributed by atoms with Crippen molar-refractivity contribution in [1.82, 2.24) is 9.55 Å². The molecule has 1 N–H and O–H groups in total. The predicted molar refractivity (Wildman–Crippen MR) is 199 cm³/mol. The summed E-state index contributed by atoms with van der Waals surface area (Å²) in [5.41, 5.74) is 5.99. The van der Waals surface area contributed by atoms with Crippen molar-refractivity contribution in [3.63, 3.8) is 0 Å². The topological polar surface area (TPSA) is 53.7 Å². The molecule has 5 heteroatoms. The fourth-order valence-electron chi connectivity index (χ4n) is 8.09. The molecule has 0 radical (unpaired) electrons. The van der Waals surface area contributed by atoms with E-state index in [-0.39, 0.29) is 0 Å². The Kier molecular flexibility index (Phi) is 5.63. The lowest BCUT2D eigenvalue weighted by Crippen LogP contribution is -2.76. The number of nitriles is 1. The second-order valence-corrected chi connectivity index (χ2v) is 16.2. The van der Waals surface area contributed by atoms with Crippen LogP contribution in [0, 0.1) is 11.3 Å². The van der Waals surface area contributed by atoms with Gasteiger partial charge >= 0.3 is 0 Å². The molecule has 0 saturated heterocycles. The van der Waals surface area contributed by atoms with E-state index in [2.05, 4.69) is 155 Å². The highest BCUT2D eigenvalue weighted by molar-refractivity contribution is 7.20. The summed E-state index contributed by atoms with van der Waals surface area (Å²) in [6.45, 7) is 0. The molecule has 10 rings (SSSR count). The number of nitrogens with one attached hydrogen (secondary N) is 1. The highest BCUT2D eigenvalue weighted by Crippen LogP contribution is 2.42. The van der Waals surface area contributed by atoms with Crippen molar-refractivity contribution < 1.29 is 4.74 Å². The number of aromatic amines is 1. The number of H-pyrrole nitrogens is 1. The number of aromatic nitrogens is 2. The van der Waals surface area contributed by atoms with Crippen LogP contribution in [0.15, 0.2) is 158 Å². The zero-order chi connectivity index (χ0) is 31.8. The summed E-state index contributed by atoms with van der Waals surface area (Å²) in [4.78, 5) is 3.53. The maximum Gasteiger partial charge on any atom is 0.188 e. The van der Waals surface area contributed by atoms with E-state index in [0.717, 1.165) is 60.8 Å². The number of hydrogen-bond donors (Lipinski definition) is 1. The van der Waals surface area contributed by atoms with E-state index >= 15 is 0 Å². The minimum Gasteiger partial charge on any atom is -0.457 e. The number of para-hydroxylation sites is 2. The summed E-state index contributed by atoms with van der Waals surface area (Å²) < 4.78 is 9.43. The van der Waals surface area contributed by atoms with Crippen LogP contribution in [0.1, 0.15) is 5.56 Å². The smallest absolute Gasteiger partial charge is 0.188 e. The van der Waals surface area contributed by atoms with E-state index in [1.807, 2.05) is 18.2 Å². The van der Waals surface area contributed by atoms with Gasteiger partial charge in [-0.25, -0.2) is 0 Å². The monoisotopic (exact) mass is 629 g/mol. The number of hydrogen-bond acceptors (Lipinski definition) is 2. The van der Waals surface area contributed by atoms with Gasteiger partial charge in [-0.1, -0.05) is 103 Å². The molecule has 1 aliphatic rings. The first kappa shape index (κ1) is 26.8. The van der Waals surface area contributed by atoms with E-state index in [9.17, 15) is 5.26 Å². The van der Waals surface area contributed by atoms with Gasteiger partial charge in [0.1, 0.15) is 11.5 Å². The average molecular weight is 630 g/mol. The van der Waals surface area contributed by atoms with Gasteiger partial charge in [-0.3, -0.25) is 0 Å². The third-order valence-corrected chi connectivity index (χ3v) is 14.9. The molecule has 1 aliphatic heterocycles. The molecule has 0 spiro atoms. The summed E-state index contributed by atoms with van der Waals surface area (Å²) in [6, 6.07) is 58.6. The normalized spacial score (nSPS) is 13.3. The number of ether oxygens (including phenoxy) is 1. The molecule has 0 aliphatic carbocycles. The second-order valence-electron chi connectivity index (χ2n) is 12.5. The quantitative estimate of drug-likeness (QED) is 0.203. The number of rotatable bonds is 3. The molecule has 7 aromatic carbocycles. The molecule has 2 aromatic heterocycles. The largest absolute Gasteiger partial charge is 0.457 e. The molecular weight excluding hydrogens is 603 g/mol. The molecule has 4 nitrogen and oxygen atoms in total. The lowest BCUT2D eigenvalue weighted by molar-refractivity contribution is 0.493. The number of fused-ring (bicyclic) bond motifs is 9. The first-order valence-corrected chi connectivity index (χ1v) is 18.2. The van der Waals surface area contributed by atoms with Crippen molar-refractivity contribution in [3.05, 3.63) is 163 Å². The number of benzene rings is 7. The molecule has 48 heavy (non-hydrogen) atoms. The summed E-state index contributed by atoms with van der Waals surface area (Å²) in [5, 5.41) is 19.2. The van der Waals surface area contributed by atoms with Crippen LogP contribution < -0.4 is 25.5 Å². The minimum atomic E-state index is -2.78. The van der Waals surface area contributed by atoms with Crippen LogP contribution in [0.5, 0.6) is 11.5 Å². The van der Waals surface area contributed by atoms with Gasteiger partial charge < -0.3 is 14.3 Å². The molecule has 0 fully saturated rings. The van der Waals surface area contributed by atoms with Crippen molar-refractivity contribution in [2.75, 3.05) is 0 Å². The van der Waals surface area contributed by atoms with E-state index in [0.29, 0.717) is 5.56 Å². The number of nitrogens with zero attached hydrogens (tertiary/aromatic N) is 2. The van der Waals surface area contributed by atoms with Crippen molar-refractivity contribution in [2.24, 2.45) is 0 Å². The average Bonchev–Trinajstić information content (AvgIpc) is 3.69. The Bertz CT molecular complexity index is 2730. The summed E-state index contributed by atoms with van der Waals surface area (Å²) >= 11 is 0. The molecule has 3 heterocycles. The zero-order valence-corrected chi connectivity index (χ0v) is 26.8. The Morgan fingerprint density at radius 1 is 0.562 bits per heavy atom. The third kappa shape index (κ3) is 3.58. The molecular formula is C43H27N3OSi. The molecule has 0 atom stereocenters. The van der Waals surface area contributed by atoms with Crippen molar-refractivity contribution in [1.29, 1.82) is 5.26 Å². The van der Waals surface area contributed by atoms with E-state index < -0.39 is 8.07 Å². The van der Waals surface area contributed by atoms with Gasteiger partial charge in [0.25, 0.3) is 0 Å². The van der Waals surface area contributed by atoms with Crippen molar-refractivity contribution in [2.45, 2.75) is 0 Å². The van der Waals surface area contributed by atoms with Crippen LogP contribution in [-0.2, 0) is 0 Å². The third-order valence-electron chi connectivity index (χ3n) is 10.1. The Labute approximate surface area is 277 Å². The summed E-state index contributed by atoms with van der Waals surface area (Å²) in [7, 11) is -2.78. The van der Waals surface area contributed by atoms with Crippen LogP contribution in [0.3, 0.4) is 0 Å². The highest BCUT2D eigenvalue weighted by atomic mass is 28.3. The van der Waals surface area contributed by atoms with Crippen molar-refractivity contribution >= 4 is 72.4 Å². The van der Waals surface area contributed by atoms with Gasteiger partial charge in [0.2, 0.25) is 0 Å². The van der Waals surface area contributed by atoms with Crippen molar-refractivity contribution in [3.8, 4) is 23.3 Å². The first-order chi connectivity index (χ1) is 23.8. The van der Waals surface area contributed by atoms with Crippen LogP contribution in [0.2, 0.25) is 0 Å². The Balaban J connectivity index is 1.32. The first-order valence-electron chi connectivity index (χ1n) is 16.2.